The van der Waals surface area contributed by atoms with E-state index in [1.165, 1.54) is 30.4 Å². The Balaban J connectivity index is 1.64. The summed E-state index contributed by atoms with van der Waals surface area (Å²) in [6.07, 6.45) is 4.93. The van der Waals surface area contributed by atoms with Crippen molar-refractivity contribution >= 4 is 17.5 Å². The van der Waals surface area contributed by atoms with Crippen LogP contribution in [0.15, 0.2) is 42.5 Å². The molecule has 0 spiro atoms. The fourth-order valence-electron chi connectivity index (χ4n) is 3.41. The molecule has 0 aromatic heterocycles. The molecule has 1 N–H and O–H groups in total. The molecule has 3 nitrogen and oxygen atoms in total. The Kier molecular flexibility index (Phi) is 6.20. The van der Waals surface area contributed by atoms with Crippen LogP contribution in [0.1, 0.15) is 55.8 Å². The molecule has 3 rings (SSSR count). The van der Waals surface area contributed by atoms with E-state index in [4.69, 9.17) is 16.3 Å². The molecule has 1 amide bonds. The summed E-state index contributed by atoms with van der Waals surface area (Å²) in [5, 5.41) is 3.74. The van der Waals surface area contributed by atoms with Gasteiger partial charge < -0.3 is 10.1 Å². The van der Waals surface area contributed by atoms with E-state index in [0.29, 0.717) is 17.2 Å². The molecule has 0 unspecified atom stereocenters. The Bertz CT molecular complexity index is 757. The second-order valence-corrected chi connectivity index (χ2v) is 7.37. The van der Waals surface area contributed by atoms with Crippen molar-refractivity contribution in [2.75, 3.05) is 0 Å². The highest BCUT2D eigenvalue weighted by molar-refractivity contribution is 6.30. The van der Waals surface area contributed by atoms with Crippen LogP contribution in [-0.4, -0.2) is 12.0 Å². The van der Waals surface area contributed by atoms with E-state index in [-0.39, 0.29) is 11.9 Å². The lowest BCUT2D eigenvalue weighted by Crippen LogP contribution is -2.39. The summed E-state index contributed by atoms with van der Waals surface area (Å²) in [5.74, 6) is 0.561. The average molecular weight is 372 g/mol. The number of rotatable bonds is 6. The van der Waals surface area contributed by atoms with Crippen molar-refractivity contribution in [3.63, 3.8) is 0 Å². The molecular formula is C22H26ClNO2. The molecule has 4 heteroatoms. The third-order valence-corrected chi connectivity index (χ3v) is 5.24. The minimum Gasteiger partial charge on any atom is -0.481 e. The van der Waals surface area contributed by atoms with Gasteiger partial charge in [-0.2, -0.15) is 0 Å². The van der Waals surface area contributed by atoms with Gasteiger partial charge in [0.15, 0.2) is 6.10 Å². The van der Waals surface area contributed by atoms with Crippen LogP contribution < -0.4 is 10.1 Å². The van der Waals surface area contributed by atoms with Gasteiger partial charge >= 0.3 is 0 Å². The first-order valence-corrected chi connectivity index (χ1v) is 9.79. The smallest absolute Gasteiger partial charge is 0.261 e. The summed E-state index contributed by atoms with van der Waals surface area (Å²) in [6.45, 7) is 3.97. The van der Waals surface area contributed by atoms with Crippen LogP contribution in [-0.2, 0) is 17.6 Å². The predicted molar refractivity (Wildman–Crippen MR) is 106 cm³/mol. The average Bonchev–Trinajstić information content (AvgIpc) is 2.67. The Morgan fingerprint density at radius 3 is 2.50 bits per heavy atom. The van der Waals surface area contributed by atoms with E-state index in [0.717, 1.165) is 12.0 Å². The van der Waals surface area contributed by atoms with Gasteiger partial charge in [0.2, 0.25) is 0 Å². The number of fused-ring (bicyclic) bond motifs is 1. The van der Waals surface area contributed by atoms with E-state index in [9.17, 15) is 4.79 Å². The summed E-state index contributed by atoms with van der Waals surface area (Å²) < 4.78 is 5.84. The van der Waals surface area contributed by atoms with Crippen LogP contribution in [0.25, 0.3) is 0 Å². The van der Waals surface area contributed by atoms with Crippen molar-refractivity contribution in [2.45, 2.75) is 58.1 Å². The van der Waals surface area contributed by atoms with Gasteiger partial charge in [-0.25, -0.2) is 0 Å². The molecule has 0 heterocycles. The minimum absolute atomic E-state index is 0.0439. The molecule has 0 radical (unpaired) electrons. The monoisotopic (exact) mass is 371 g/mol. The number of ether oxygens (including phenoxy) is 1. The van der Waals surface area contributed by atoms with Gasteiger partial charge in [0.05, 0.1) is 6.04 Å². The van der Waals surface area contributed by atoms with E-state index in [2.05, 4.69) is 23.5 Å². The highest BCUT2D eigenvalue weighted by atomic mass is 35.5. The lowest BCUT2D eigenvalue weighted by atomic mass is 9.89. The third-order valence-electron chi connectivity index (χ3n) is 4.99. The number of hydrogen-bond donors (Lipinski definition) is 1. The second-order valence-electron chi connectivity index (χ2n) is 6.93. The molecule has 0 bridgehead atoms. The first-order valence-electron chi connectivity index (χ1n) is 9.41. The fraction of sp³-hybridized carbons (Fsp3) is 0.409. The number of halogens is 1. The number of nitrogens with one attached hydrogen (secondary N) is 1. The highest BCUT2D eigenvalue weighted by Gasteiger charge is 2.21. The number of benzene rings is 2. The SMILES string of the molecule is CC[C@@H](Oc1ccc(Cl)cc1)C(=O)N[C@H](C)c1ccc2c(c1)CCCC2. The number of carbonyl (C=O) groups excluding carboxylic acids is 1. The number of hydrogen-bond acceptors (Lipinski definition) is 2. The highest BCUT2D eigenvalue weighted by Crippen LogP contribution is 2.25. The summed E-state index contributed by atoms with van der Waals surface area (Å²) in [6, 6.07) is 13.6. The minimum atomic E-state index is -0.517. The number of amides is 1. The van der Waals surface area contributed by atoms with E-state index < -0.39 is 6.10 Å². The fourth-order valence-corrected chi connectivity index (χ4v) is 3.54. The zero-order valence-corrected chi connectivity index (χ0v) is 16.2. The molecule has 2 atom stereocenters. The van der Waals surface area contributed by atoms with Crippen molar-refractivity contribution in [3.8, 4) is 5.75 Å². The van der Waals surface area contributed by atoms with Crippen LogP contribution in [0.4, 0.5) is 0 Å². The normalized spacial score (nSPS) is 15.7. The molecule has 0 fully saturated rings. The lowest BCUT2D eigenvalue weighted by molar-refractivity contribution is -0.128. The summed E-state index contributed by atoms with van der Waals surface area (Å²) >= 11 is 5.90. The zero-order valence-electron chi connectivity index (χ0n) is 15.4. The largest absolute Gasteiger partial charge is 0.481 e. The first-order chi connectivity index (χ1) is 12.6. The van der Waals surface area contributed by atoms with Gasteiger partial charge in [0, 0.05) is 5.02 Å². The molecule has 138 valence electrons. The Morgan fingerprint density at radius 2 is 1.81 bits per heavy atom. The Labute approximate surface area is 160 Å². The van der Waals surface area contributed by atoms with Crippen LogP contribution in [0.3, 0.4) is 0 Å². The van der Waals surface area contributed by atoms with Gasteiger partial charge in [-0.1, -0.05) is 36.7 Å². The first kappa shape index (κ1) is 18.8. The maximum Gasteiger partial charge on any atom is 0.261 e. The number of carbonyl (C=O) groups is 1. The molecule has 0 saturated carbocycles. The topological polar surface area (TPSA) is 38.3 Å². The molecule has 0 saturated heterocycles. The van der Waals surface area contributed by atoms with Crippen molar-refractivity contribution in [1.29, 1.82) is 0 Å². The molecule has 1 aliphatic carbocycles. The molecular weight excluding hydrogens is 346 g/mol. The second kappa shape index (κ2) is 8.59. The maximum atomic E-state index is 12.7. The maximum absolute atomic E-state index is 12.7. The van der Waals surface area contributed by atoms with Gasteiger partial charge in [0.1, 0.15) is 5.75 Å². The van der Waals surface area contributed by atoms with Gasteiger partial charge in [-0.3, -0.25) is 4.79 Å². The predicted octanol–water partition coefficient (Wildman–Crippen LogP) is 5.25. The standard InChI is InChI=1S/C22H26ClNO2/c1-3-21(26-20-12-10-19(23)11-13-20)22(25)24-15(2)17-9-8-16-6-4-5-7-18(16)14-17/h8-15,21H,3-7H2,1-2H3,(H,24,25)/t15-,21-/m1/s1. The number of aryl methyl sites for hydroxylation is 2. The van der Waals surface area contributed by atoms with Crippen LogP contribution in [0.5, 0.6) is 5.75 Å². The van der Waals surface area contributed by atoms with Gasteiger partial charge in [-0.15, -0.1) is 0 Å². The third kappa shape index (κ3) is 4.59. The Hall–Kier alpha value is -2.00. The van der Waals surface area contributed by atoms with E-state index in [1.807, 2.05) is 13.8 Å². The van der Waals surface area contributed by atoms with Crippen LogP contribution in [0.2, 0.25) is 5.02 Å². The molecule has 26 heavy (non-hydrogen) atoms. The van der Waals surface area contributed by atoms with E-state index in [1.54, 1.807) is 24.3 Å². The zero-order chi connectivity index (χ0) is 18.5. The summed E-state index contributed by atoms with van der Waals surface area (Å²) in [5.41, 5.74) is 4.04. The van der Waals surface area contributed by atoms with Gasteiger partial charge in [-0.05, 0) is 80.0 Å². The van der Waals surface area contributed by atoms with Crippen LogP contribution >= 0.6 is 11.6 Å². The lowest BCUT2D eigenvalue weighted by Gasteiger charge is -2.22. The van der Waals surface area contributed by atoms with E-state index >= 15 is 0 Å². The summed E-state index contributed by atoms with van der Waals surface area (Å²) in [7, 11) is 0. The van der Waals surface area contributed by atoms with Crippen molar-refractivity contribution in [3.05, 3.63) is 64.2 Å². The molecule has 0 aliphatic heterocycles. The Morgan fingerprint density at radius 1 is 1.12 bits per heavy atom. The van der Waals surface area contributed by atoms with Crippen LogP contribution in [0, 0.1) is 0 Å². The van der Waals surface area contributed by atoms with Gasteiger partial charge in [0.25, 0.3) is 5.91 Å². The molecule has 2 aromatic carbocycles. The van der Waals surface area contributed by atoms with Crippen molar-refractivity contribution < 1.29 is 9.53 Å². The van der Waals surface area contributed by atoms with Crippen molar-refractivity contribution in [1.82, 2.24) is 5.32 Å². The quantitative estimate of drug-likeness (QED) is 0.752. The summed E-state index contributed by atoms with van der Waals surface area (Å²) in [4.78, 5) is 12.7. The molecule has 1 aliphatic rings. The van der Waals surface area contributed by atoms with Crippen molar-refractivity contribution in [2.24, 2.45) is 0 Å². The molecule has 2 aromatic rings.